The van der Waals surface area contributed by atoms with Crippen LogP contribution in [0.1, 0.15) is 49.3 Å². The average Bonchev–Trinajstić information content (AvgIpc) is 2.46. The van der Waals surface area contributed by atoms with Crippen molar-refractivity contribution in [2.45, 2.75) is 50.8 Å². The van der Waals surface area contributed by atoms with Crippen molar-refractivity contribution >= 4 is 0 Å². The molecule has 1 aliphatic carbocycles. The van der Waals surface area contributed by atoms with Gasteiger partial charge < -0.3 is 15.8 Å². The van der Waals surface area contributed by atoms with E-state index >= 15 is 0 Å². The van der Waals surface area contributed by atoms with Gasteiger partial charge in [-0.3, -0.25) is 0 Å². The van der Waals surface area contributed by atoms with Gasteiger partial charge in [-0.05, 0) is 24.0 Å². The van der Waals surface area contributed by atoms with Gasteiger partial charge >= 0.3 is 0 Å². The molecule has 0 bridgehead atoms. The monoisotopic (exact) mass is 262 g/mol. The highest BCUT2D eigenvalue weighted by atomic mass is 16.5. The molecule has 0 aromatic heterocycles. The zero-order valence-corrected chi connectivity index (χ0v) is 11.9. The summed E-state index contributed by atoms with van der Waals surface area (Å²) in [6.45, 7) is 1.31. The lowest BCUT2D eigenvalue weighted by atomic mass is 9.93. The zero-order chi connectivity index (χ0) is 13.5. The number of nitrogens with one attached hydrogen (secondary N) is 1. The van der Waals surface area contributed by atoms with Crippen molar-refractivity contribution in [3.8, 4) is 0 Å². The molecule has 1 aliphatic rings. The van der Waals surface area contributed by atoms with Crippen molar-refractivity contribution < 1.29 is 4.74 Å². The average molecular weight is 262 g/mol. The number of ether oxygens (including phenoxy) is 1. The minimum atomic E-state index is 0.264. The quantitative estimate of drug-likeness (QED) is 0.828. The molecule has 3 N–H and O–H groups in total. The molecular formula is C16H26N2O. The standard InChI is InChI=1S/C16H26N2O/c1-19-12-13-6-5-7-14(10-13)16(11-17)18-15-8-3-2-4-9-15/h5-7,10,15-16,18H,2-4,8-9,11-12,17H2,1H3. The van der Waals surface area contributed by atoms with Crippen molar-refractivity contribution in [1.82, 2.24) is 5.32 Å². The predicted octanol–water partition coefficient (Wildman–Crippen LogP) is 2.76. The van der Waals surface area contributed by atoms with E-state index in [2.05, 4.69) is 29.6 Å². The van der Waals surface area contributed by atoms with Crippen molar-refractivity contribution in [3.05, 3.63) is 35.4 Å². The van der Waals surface area contributed by atoms with Crippen LogP contribution >= 0.6 is 0 Å². The van der Waals surface area contributed by atoms with Crippen LogP contribution in [0.25, 0.3) is 0 Å². The molecule has 1 aromatic carbocycles. The van der Waals surface area contributed by atoms with Crippen LogP contribution in [0.2, 0.25) is 0 Å². The van der Waals surface area contributed by atoms with E-state index in [9.17, 15) is 0 Å². The Kier molecular flexibility index (Phi) is 5.83. The molecule has 19 heavy (non-hydrogen) atoms. The second-order valence-corrected chi connectivity index (χ2v) is 5.47. The maximum absolute atomic E-state index is 5.95. The second-order valence-electron chi connectivity index (χ2n) is 5.47. The molecule has 0 heterocycles. The largest absolute Gasteiger partial charge is 0.380 e. The lowest BCUT2D eigenvalue weighted by Crippen LogP contribution is -2.37. The molecule has 106 valence electrons. The number of methoxy groups -OCH3 is 1. The summed E-state index contributed by atoms with van der Waals surface area (Å²) in [7, 11) is 1.73. The van der Waals surface area contributed by atoms with Gasteiger partial charge in [0.15, 0.2) is 0 Å². The van der Waals surface area contributed by atoms with Crippen LogP contribution < -0.4 is 11.1 Å². The third-order valence-corrected chi connectivity index (χ3v) is 3.94. The first-order valence-electron chi connectivity index (χ1n) is 7.37. The Labute approximate surface area is 116 Å². The molecule has 0 aliphatic heterocycles. The van der Waals surface area contributed by atoms with Gasteiger partial charge in [-0.15, -0.1) is 0 Å². The molecule has 0 amide bonds. The molecule has 0 saturated heterocycles. The number of nitrogens with two attached hydrogens (primary N) is 1. The summed E-state index contributed by atoms with van der Waals surface area (Å²) in [4.78, 5) is 0. The lowest BCUT2D eigenvalue weighted by molar-refractivity contribution is 0.185. The molecule has 1 saturated carbocycles. The van der Waals surface area contributed by atoms with Crippen molar-refractivity contribution in [1.29, 1.82) is 0 Å². The second kappa shape index (κ2) is 7.63. The molecule has 3 nitrogen and oxygen atoms in total. The van der Waals surface area contributed by atoms with Crippen LogP contribution in [0, 0.1) is 0 Å². The van der Waals surface area contributed by atoms with E-state index in [4.69, 9.17) is 10.5 Å². The van der Waals surface area contributed by atoms with Gasteiger partial charge in [0.2, 0.25) is 0 Å². The first kappa shape index (κ1) is 14.5. The van der Waals surface area contributed by atoms with E-state index in [0.717, 1.165) is 0 Å². The first-order valence-corrected chi connectivity index (χ1v) is 7.37. The van der Waals surface area contributed by atoms with Crippen LogP contribution in [0.5, 0.6) is 0 Å². The van der Waals surface area contributed by atoms with E-state index < -0.39 is 0 Å². The molecule has 0 spiro atoms. The van der Waals surface area contributed by atoms with Crippen molar-refractivity contribution in [2.75, 3.05) is 13.7 Å². The fraction of sp³-hybridized carbons (Fsp3) is 0.625. The topological polar surface area (TPSA) is 47.3 Å². The van der Waals surface area contributed by atoms with Crippen LogP contribution in [-0.4, -0.2) is 19.7 Å². The normalized spacial score (nSPS) is 18.4. The highest BCUT2D eigenvalue weighted by molar-refractivity contribution is 5.26. The fourth-order valence-electron chi connectivity index (χ4n) is 2.92. The van der Waals surface area contributed by atoms with Crippen molar-refractivity contribution in [3.63, 3.8) is 0 Å². The summed E-state index contributed by atoms with van der Waals surface area (Å²) in [5.41, 5.74) is 8.44. The van der Waals surface area contributed by atoms with Crippen LogP contribution in [-0.2, 0) is 11.3 Å². The minimum absolute atomic E-state index is 0.264. The first-order chi connectivity index (χ1) is 9.33. The third kappa shape index (κ3) is 4.30. The van der Waals surface area contributed by atoms with E-state index in [0.29, 0.717) is 19.2 Å². The molecule has 2 rings (SSSR count). The summed E-state index contributed by atoms with van der Waals surface area (Å²) in [6.07, 6.45) is 6.65. The van der Waals surface area contributed by atoms with Crippen molar-refractivity contribution in [2.24, 2.45) is 5.73 Å². The van der Waals surface area contributed by atoms with E-state index in [1.54, 1.807) is 7.11 Å². The molecule has 1 unspecified atom stereocenters. The summed E-state index contributed by atoms with van der Waals surface area (Å²) < 4.78 is 5.19. The predicted molar refractivity (Wildman–Crippen MR) is 79.0 cm³/mol. The Hall–Kier alpha value is -0.900. The highest BCUT2D eigenvalue weighted by Gasteiger charge is 2.18. The van der Waals surface area contributed by atoms with Crippen LogP contribution in [0.4, 0.5) is 0 Å². The van der Waals surface area contributed by atoms with Gasteiger partial charge in [-0.25, -0.2) is 0 Å². The molecule has 1 fully saturated rings. The SMILES string of the molecule is COCc1cccc(C(CN)NC2CCCCC2)c1. The maximum Gasteiger partial charge on any atom is 0.0713 e. The summed E-state index contributed by atoms with van der Waals surface area (Å²) in [5, 5.41) is 3.73. The zero-order valence-electron chi connectivity index (χ0n) is 11.9. The Morgan fingerprint density at radius 2 is 2.11 bits per heavy atom. The van der Waals surface area contributed by atoms with Gasteiger partial charge in [0.1, 0.15) is 0 Å². The smallest absolute Gasteiger partial charge is 0.0713 e. The number of hydrogen-bond acceptors (Lipinski definition) is 3. The number of benzene rings is 1. The lowest BCUT2D eigenvalue weighted by Gasteiger charge is -2.28. The van der Waals surface area contributed by atoms with E-state index in [1.807, 2.05) is 0 Å². The minimum Gasteiger partial charge on any atom is -0.380 e. The number of hydrogen-bond donors (Lipinski definition) is 2. The Balaban J connectivity index is 2.01. The Bertz CT molecular complexity index is 375. The van der Waals surface area contributed by atoms with E-state index in [1.165, 1.54) is 43.2 Å². The van der Waals surface area contributed by atoms with Gasteiger partial charge in [0, 0.05) is 25.7 Å². The van der Waals surface area contributed by atoms with Gasteiger partial charge in [-0.2, -0.15) is 0 Å². The summed E-state index contributed by atoms with van der Waals surface area (Å²) in [5.74, 6) is 0. The van der Waals surface area contributed by atoms with Gasteiger partial charge in [0.25, 0.3) is 0 Å². The van der Waals surface area contributed by atoms with Crippen LogP contribution in [0.15, 0.2) is 24.3 Å². The van der Waals surface area contributed by atoms with Crippen LogP contribution in [0.3, 0.4) is 0 Å². The fourth-order valence-corrected chi connectivity index (χ4v) is 2.92. The molecule has 3 heteroatoms. The summed E-state index contributed by atoms with van der Waals surface area (Å²) >= 11 is 0. The van der Waals surface area contributed by atoms with E-state index in [-0.39, 0.29) is 6.04 Å². The Morgan fingerprint density at radius 1 is 1.32 bits per heavy atom. The summed E-state index contributed by atoms with van der Waals surface area (Å²) in [6, 6.07) is 9.45. The van der Waals surface area contributed by atoms with Gasteiger partial charge in [0.05, 0.1) is 6.61 Å². The highest BCUT2D eigenvalue weighted by Crippen LogP contribution is 2.22. The molecular weight excluding hydrogens is 236 g/mol. The molecule has 1 atom stereocenters. The Morgan fingerprint density at radius 3 is 2.79 bits per heavy atom. The third-order valence-electron chi connectivity index (χ3n) is 3.94. The maximum atomic E-state index is 5.95. The molecule has 1 aromatic rings. The number of rotatable bonds is 6. The van der Waals surface area contributed by atoms with Gasteiger partial charge in [-0.1, -0.05) is 43.5 Å². The molecule has 0 radical (unpaired) electrons.